The van der Waals surface area contributed by atoms with Crippen LogP contribution in [-0.4, -0.2) is 0 Å². The van der Waals surface area contributed by atoms with Gasteiger partial charge in [-0.05, 0) is 69.8 Å². The monoisotopic (exact) mass is 266 g/mol. The second kappa shape index (κ2) is 5.99. The van der Waals surface area contributed by atoms with Gasteiger partial charge in [0.05, 0.1) is 0 Å². The van der Waals surface area contributed by atoms with Gasteiger partial charge in [0.15, 0.2) is 0 Å². The normalized spacial score (nSPS) is 26.9. The average Bonchev–Trinajstić information content (AvgIpc) is 2.49. The zero-order valence-electron chi connectivity index (χ0n) is 12.9. The summed E-state index contributed by atoms with van der Waals surface area (Å²) in [7, 11) is 0. The molecule has 0 amide bonds. The fraction of sp³-hybridized carbons (Fsp3) is 0.500. The van der Waals surface area contributed by atoms with Crippen LogP contribution in [0.15, 0.2) is 47.6 Å². The molecule has 0 N–H and O–H groups in total. The van der Waals surface area contributed by atoms with Crippen LogP contribution in [0.4, 0.5) is 0 Å². The van der Waals surface area contributed by atoms with Crippen molar-refractivity contribution < 1.29 is 0 Å². The Morgan fingerprint density at radius 2 is 1.40 bits per heavy atom. The van der Waals surface area contributed by atoms with Gasteiger partial charge < -0.3 is 0 Å². The lowest BCUT2D eigenvalue weighted by Gasteiger charge is -2.31. The molecule has 0 unspecified atom stereocenters. The molecule has 20 heavy (non-hydrogen) atoms. The molecule has 106 valence electrons. The number of hydrogen-bond donors (Lipinski definition) is 0. The van der Waals surface area contributed by atoms with Gasteiger partial charge in [-0.1, -0.05) is 53.1 Å². The van der Waals surface area contributed by atoms with E-state index in [9.17, 15) is 0 Å². The lowest BCUT2D eigenvalue weighted by atomic mass is 9.74. The minimum absolute atomic E-state index is 0.799. The molecule has 0 aliphatic heterocycles. The van der Waals surface area contributed by atoms with E-state index >= 15 is 0 Å². The van der Waals surface area contributed by atoms with Crippen LogP contribution in [0, 0.1) is 12.8 Å². The highest BCUT2D eigenvalue weighted by atomic mass is 14.3. The van der Waals surface area contributed by atoms with Gasteiger partial charge in [-0.3, -0.25) is 0 Å². The zero-order chi connectivity index (χ0) is 13.9. The maximum atomic E-state index is 2.41. The molecule has 0 aromatic heterocycles. The highest BCUT2D eigenvalue weighted by molar-refractivity contribution is 5.27. The third kappa shape index (κ3) is 3.06. The summed E-state index contributed by atoms with van der Waals surface area (Å²) in [6.07, 6.45) is 12.8. The average molecular weight is 266 g/mol. The molecular weight excluding hydrogens is 240 g/mol. The van der Waals surface area contributed by atoms with Gasteiger partial charge in [-0.15, -0.1) is 0 Å². The molecule has 0 heteroatoms. The predicted molar refractivity (Wildman–Crippen MR) is 87.0 cm³/mol. The lowest BCUT2D eigenvalue weighted by molar-refractivity contribution is 0.356. The second-order valence-electron chi connectivity index (χ2n) is 6.71. The number of rotatable bonds is 2. The number of hydrogen-bond acceptors (Lipinski definition) is 0. The van der Waals surface area contributed by atoms with E-state index in [4.69, 9.17) is 0 Å². The zero-order valence-corrected chi connectivity index (χ0v) is 12.9. The quantitative estimate of drug-likeness (QED) is 0.622. The van der Waals surface area contributed by atoms with Crippen molar-refractivity contribution in [2.24, 2.45) is 5.92 Å². The van der Waals surface area contributed by atoms with Crippen molar-refractivity contribution in [3.63, 3.8) is 0 Å². The molecule has 0 atom stereocenters. The fourth-order valence-corrected chi connectivity index (χ4v) is 3.73. The van der Waals surface area contributed by atoms with Gasteiger partial charge in [0.2, 0.25) is 0 Å². The van der Waals surface area contributed by atoms with Gasteiger partial charge in [0.1, 0.15) is 0 Å². The van der Waals surface area contributed by atoms with Gasteiger partial charge in [-0.2, -0.15) is 0 Å². The molecule has 0 saturated heterocycles. The van der Waals surface area contributed by atoms with E-state index in [0.29, 0.717) is 0 Å². The molecule has 0 bridgehead atoms. The van der Waals surface area contributed by atoms with Crippen molar-refractivity contribution in [1.29, 1.82) is 0 Å². The molecule has 1 saturated carbocycles. The molecule has 3 rings (SSSR count). The first-order valence-electron chi connectivity index (χ1n) is 8.15. The van der Waals surface area contributed by atoms with Crippen LogP contribution in [0.3, 0.4) is 0 Å². The van der Waals surface area contributed by atoms with Gasteiger partial charge in [-0.25, -0.2) is 0 Å². The molecule has 0 nitrogen and oxygen atoms in total. The van der Waals surface area contributed by atoms with E-state index in [1.165, 1.54) is 44.1 Å². The van der Waals surface area contributed by atoms with Gasteiger partial charge in [0.25, 0.3) is 0 Å². The van der Waals surface area contributed by atoms with Crippen LogP contribution >= 0.6 is 0 Å². The molecular formula is C20H26. The maximum absolute atomic E-state index is 2.41. The van der Waals surface area contributed by atoms with Crippen molar-refractivity contribution in [3.05, 3.63) is 58.7 Å². The third-order valence-corrected chi connectivity index (χ3v) is 5.19. The molecule has 1 aromatic rings. The highest BCUT2D eigenvalue weighted by Gasteiger charge is 2.24. The Balaban J connectivity index is 1.61. The molecule has 0 radical (unpaired) electrons. The Morgan fingerprint density at radius 3 is 2.00 bits per heavy atom. The first-order chi connectivity index (χ1) is 9.72. The van der Waals surface area contributed by atoms with E-state index < -0.39 is 0 Å². The van der Waals surface area contributed by atoms with Crippen molar-refractivity contribution in [2.45, 2.75) is 58.3 Å². The van der Waals surface area contributed by atoms with Crippen molar-refractivity contribution in [2.75, 3.05) is 0 Å². The van der Waals surface area contributed by atoms with E-state index in [0.717, 1.165) is 11.8 Å². The largest absolute Gasteiger partial charge is 0.0730 e. The van der Waals surface area contributed by atoms with E-state index in [-0.39, 0.29) is 0 Å². The number of benzene rings is 1. The lowest BCUT2D eigenvalue weighted by Crippen LogP contribution is -2.16. The smallest absolute Gasteiger partial charge is 0.0162 e. The summed E-state index contributed by atoms with van der Waals surface area (Å²) >= 11 is 0. The molecule has 0 spiro atoms. The SMILES string of the molecule is CC1=CC=C(C2CCC(c3ccc(C)cc3)CC2)CC1. The standard InChI is InChI=1S/C20H26/c1-15-3-7-17(8-4-15)19-11-13-20(14-12-19)18-9-5-16(2)6-10-18/h3-5,7-9,19-20H,6,10-14H2,1-2H3. The van der Waals surface area contributed by atoms with Crippen LogP contribution in [-0.2, 0) is 0 Å². The molecule has 0 heterocycles. The summed E-state index contributed by atoms with van der Waals surface area (Å²) in [5.41, 5.74) is 6.19. The number of allylic oxidation sites excluding steroid dienone is 4. The fourth-order valence-electron chi connectivity index (χ4n) is 3.73. The van der Waals surface area contributed by atoms with Crippen molar-refractivity contribution in [1.82, 2.24) is 0 Å². The van der Waals surface area contributed by atoms with E-state index in [1.54, 1.807) is 16.7 Å². The highest BCUT2D eigenvalue weighted by Crippen LogP contribution is 2.40. The summed E-state index contributed by atoms with van der Waals surface area (Å²) in [6, 6.07) is 9.20. The predicted octanol–water partition coefficient (Wildman–Crippen LogP) is 5.94. The summed E-state index contributed by atoms with van der Waals surface area (Å²) in [5.74, 6) is 1.66. The molecule has 1 fully saturated rings. The second-order valence-corrected chi connectivity index (χ2v) is 6.71. The molecule has 2 aliphatic carbocycles. The molecule has 1 aromatic carbocycles. The topological polar surface area (TPSA) is 0 Å². The molecule has 2 aliphatic rings. The summed E-state index contributed by atoms with van der Waals surface area (Å²) < 4.78 is 0. The Kier molecular flexibility index (Phi) is 4.10. The Labute approximate surface area is 123 Å². The van der Waals surface area contributed by atoms with Crippen molar-refractivity contribution in [3.8, 4) is 0 Å². The van der Waals surface area contributed by atoms with E-state index in [2.05, 4.69) is 50.3 Å². The van der Waals surface area contributed by atoms with Crippen LogP contribution in [0.2, 0.25) is 0 Å². The van der Waals surface area contributed by atoms with Crippen molar-refractivity contribution >= 4 is 0 Å². The van der Waals surface area contributed by atoms with Crippen LogP contribution in [0.1, 0.15) is 62.5 Å². The van der Waals surface area contributed by atoms with E-state index in [1.807, 2.05) is 0 Å². The minimum Gasteiger partial charge on any atom is -0.0730 e. The summed E-state index contributed by atoms with van der Waals surface area (Å²) in [6.45, 7) is 4.42. The van der Waals surface area contributed by atoms with Crippen LogP contribution in [0.25, 0.3) is 0 Å². The first kappa shape index (κ1) is 13.7. The third-order valence-electron chi connectivity index (χ3n) is 5.19. The number of aryl methyl sites for hydroxylation is 1. The maximum Gasteiger partial charge on any atom is -0.0162 e. The van der Waals surface area contributed by atoms with Gasteiger partial charge >= 0.3 is 0 Å². The summed E-state index contributed by atoms with van der Waals surface area (Å²) in [5, 5.41) is 0. The minimum atomic E-state index is 0.799. The van der Waals surface area contributed by atoms with Crippen LogP contribution in [0.5, 0.6) is 0 Å². The Morgan fingerprint density at radius 1 is 0.750 bits per heavy atom. The Hall–Kier alpha value is -1.30. The Bertz CT molecular complexity index is 507. The summed E-state index contributed by atoms with van der Waals surface area (Å²) in [4.78, 5) is 0. The van der Waals surface area contributed by atoms with Crippen LogP contribution < -0.4 is 0 Å². The van der Waals surface area contributed by atoms with Gasteiger partial charge in [0, 0.05) is 0 Å². The first-order valence-corrected chi connectivity index (χ1v) is 8.15.